The van der Waals surface area contributed by atoms with Gasteiger partial charge in [-0.2, -0.15) is 0 Å². The van der Waals surface area contributed by atoms with E-state index in [1.807, 2.05) is 0 Å². The molecule has 0 saturated heterocycles. The molecule has 6 heteroatoms. The van der Waals surface area contributed by atoms with Crippen molar-refractivity contribution in [2.75, 3.05) is 12.3 Å². The van der Waals surface area contributed by atoms with E-state index in [1.165, 1.54) is 19.3 Å². The van der Waals surface area contributed by atoms with Gasteiger partial charge in [0.25, 0.3) is 5.91 Å². The first-order valence-electron chi connectivity index (χ1n) is 5.13. The van der Waals surface area contributed by atoms with Gasteiger partial charge in [-0.1, -0.05) is 30.6 Å². The SMILES string of the molecule is Nc1nnc(C(=O)NCCC2CCC2)s1. The first kappa shape index (κ1) is 10.4. The summed E-state index contributed by atoms with van der Waals surface area (Å²) in [5.41, 5.74) is 5.39. The smallest absolute Gasteiger partial charge is 0.282 e. The van der Waals surface area contributed by atoms with E-state index in [0.717, 1.165) is 30.2 Å². The molecule has 15 heavy (non-hydrogen) atoms. The maximum absolute atomic E-state index is 11.5. The van der Waals surface area contributed by atoms with Crippen LogP contribution in [0.15, 0.2) is 0 Å². The van der Waals surface area contributed by atoms with Crippen molar-refractivity contribution in [2.45, 2.75) is 25.7 Å². The van der Waals surface area contributed by atoms with Crippen molar-refractivity contribution in [2.24, 2.45) is 5.92 Å². The lowest BCUT2D eigenvalue weighted by Crippen LogP contribution is -2.27. The molecular weight excluding hydrogens is 212 g/mol. The van der Waals surface area contributed by atoms with Crippen LogP contribution < -0.4 is 11.1 Å². The molecule has 0 atom stereocenters. The molecule has 0 radical (unpaired) electrons. The number of aromatic nitrogens is 2. The highest BCUT2D eigenvalue weighted by molar-refractivity contribution is 7.16. The summed E-state index contributed by atoms with van der Waals surface area (Å²) in [5, 5.41) is 10.8. The van der Waals surface area contributed by atoms with Gasteiger partial charge in [0.2, 0.25) is 10.1 Å². The molecule has 1 saturated carbocycles. The molecule has 5 nitrogen and oxygen atoms in total. The standard InChI is InChI=1S/C9H14N4OS/c10-9-13-12-8(15-9)7(14)11-5-4-6-2-1-3-6/h6H,1-5H2,(H2,10,13)(H,11,14). The minimum Gasteiger partial charge on any atom is -0.374 e. The fourth-order valence-electron chi connectivity index (χ4n) is 1.57. The summed E-state index contributed by atoms with van der Waals surface area (Å²) < 4.78 is 0. The first-order chi connectivity index (χ1) is 7.25. The van der Waals surface area contributed by atoms with Gasteiger partial charge in [-0.05, 0) is 12.3 Å². The Morgan fingerprint density at radius 3 is 2.87 bits per heavy atom. The van der Waals surface area contributed by atoms with Gasteiger partial charge < -0.3 is 11.1 Å². The van der Waals surface area contributed by atoms with Crippen LogP contribution in [0, 0.1) is 5.92 Å². The predicted octanol–water partition coefficient (Wildman–Crippen LogP) is 1.04. The summed E-state index contributed by atoms with van der Waals surface area (Å²) in [7, 11) is 0. The summed E-state index contributed by atoms with van der Waals surface area (Å²) in [6.07, 6.45) is 5.02. The summed E-state index contributed by atoms with van der Waals surface area (Å²) in [5.74, 6) is 0.647. The van der Waals surface area contributed by atoms with Crippen molar-refractivity contribution >= 4 is 22.4 Å². The zero-order chi connectivity index (χ0) is 10.7. The molecule has 1 fully saturated rings. The number of hydrogen-bond acceptors (Lipinski definition) is 5. The van der Waals surface area contributed by atoms with Gasteiger partial charge in [0.1, 0.15) is 0 Å². The minimum absolute atomic E-state index is 0.163. The number of carbonyl (C=O) groups is 1. The zero-order valence-electron chi connectivity index (χ0n) is 8.40. The molecule has 1 aliphatic carbocycles. The third-order valence-electron chi connectivity index (χ3n) is 2.70. The number of hydrogen-bond donors (Lipinski definition) is 2. The Hall–Kier alpha value is -1.17. The average molecular weight is 226 g/mol. The van der Waals surface area contributed by atoms with Gasteiger partial charge >= 0.3 is 0 Å². The van der Waals surface area contributed by atoms with Gasteiger partial charge in [0.15, 0.2) is 0 Å². The molecular formula is C9H14N4OS. The lowest BCUT2D eigenvalue weighted by atomic mass is 9.83. The highest BCUT2D eigenvalue weighted by Gasteiger charge is 2.17. The van der Waals surface area contributed by atoms with Crippen molar-refractivity contribution < 1.29 is 4.79 Å². The Kier molecular flexibility index (Phi) is 3.15. The van der Waals surface area contributed by atoms with Crippen LogP contribution in [0.3, 0.4) is 0 Å². The Morgan fingerprint density at radius 1 is 1.53 bits per heavy atom. The molecule has 1 aromatic heterocycles. The van der Waals surface area contributed by atoms with E-state index in [4.69, 9.17) is 5.73 Å². The normalized spacial score (nSPS) is 16.0. The van der Waals surface area contributed by atoms with Gasteiger partial charge in [0.05, 0.1) is 0 Å². The molecule has 0 aliphatic heterocycles. The minimum atomic E-state index is -0.163. The topological polar surface area (TPSA) is 80.9 Å². The van der Waals surface area contributed by atoms with E-state index in [9.17, 15) is 4.79 Å². The van der Waals surface area contributed by atoms with Gasteiger partial charge in [0, 0.05) is 6.54 Å². The van der Waals surface area contributed by atoms with Crippen LogP contribution in [0.4, 0.5) is 5.13 Å². The van der Waals surface area contributed by atoms with Crippen molar-refractivity contribution in [1.29, 1.82) is 0 Å². The number of nitrogens with two attached hydrogens (primary N) is 1. The summed E-state index contributed by atoms with van der Waals surface area (Å²) >= 11 is 1.12. The number of rotatable bonds is 4. The summed E-state index contributed by atoms with van der Waals surface area (Å²) in [4.78, 5) is 11.5. The van der Waals surface area contributed by atoms with E-state index in [0.29, 0.717) is 10.1 Å². The first-order valence-corrected chi connectivity index (χ1v) is 5.94. The van der Waals surface area contributed by atoms with E-state index >= 15 is 0 Å². The Labute approximate surface area is 92.1 Å². The summed E-state index contributed by atoms with van der Waals surface area (Å²) in [6, 6.07) is 0. The van der Waals surface area contributed by atoms with Crippen LogP contribution >= 0.6 is 11.3 Å². The Morgan fingerprint density at radius 2 is 2.33 bits per heavy atom. The maximum Gasteiger partial charge on any atom is 0.282 e. The van der Waals surface area contributed by atoms with Gasteiger partial charge in [-0.25, -0.2) is 0 Å². The van der Waals surface area contributed by atoms with Crippen molar-refractivity contribution in [3.63, 3.8) is 0 Å². The zero-order valence-corrected chi connectivity index (χ0v) is 9.22. The molecule has 1 amide bonds. The number of carbonyl (C=O) groups excluding carboxylic acids is 1. The van der Waals surface area contributed by atoms with Crippen LogP contribution in [0.25, 0.3) is 0 Å². The second kappa shape index (κ2) is 4.57. The van der Waals surface area contributed by atoms with Crippen molar-refractivity contribution in [1.82, 2.24) is 15.5 Å². The fraction of sp³-hybridized carbons (Fsp3) is 0.667. The second-order valence-corrected chi connectivity index (χ2v) is 4.80. The number of nitrogen functional groups attached to an aromatic ring is 1. The lowest BCUT2D eigenvalue weighted by Gasteiger charge is -2.24. The van der Waals surface area contributed by atoms with E-state index in [2.05, 4.69) is 15.5 Å². The number of anilines is 1. The van der Waals surface area contributed by atoms with Crippen LogP contribution in [0.5, 0.6) is 0 Å². The molecule has 0 spiro atoms. The van der Waals surface area contributed by atoms with Crippen LogP contribution in [0.2, 0.25) is 0 Å². The molecule has 0 unspecified atom stereocenters. The van der Waals surface area contributed by atoms with E-state index < -0.39 is 0 Å². The quantitative estimate of drug-likeness (QED) is 0.803. The lowest BCUT2D eigenvalue weighted by molar-refractivity contribution is 0.0948. The number of nitrogens with one attached hydrogen (secondary N) is 1. The van der Waals surface area contributed by atoms with Gasteiger partial charge in [-0.15, -0.1) is 10.2 Å². The molecule has 1 heterocycles. The Bertz CT molecular complexity index is 348. The van der Waals surface area contributed by atoms with E-state index in [-0.39, 0.29) is 5.91 Å². The van der Waals surface area contributed by atoms with E-state index in [1.54, 1.807) is 0 Å². The Balaban J connectivity index is 1.72. The molecule has 1 aliphatic rings. The molecule has 0 aromatic carbocycles. The average Bonchev–Trinajstić information content (AvgIpc) is 2.56. The molecule has 3 N–H and O–H groups in total. The fourth-order valence-corrected chi connectivity index (χ4v) is 2.10. The highest BCUT2D eigenvalue weighted by atomic mass is 32.1. The predicted molar refractivity (Wildman–Crippen MR) is 58.6 cm³/mol. The maximum atomic E-state index is 11.5. The van der Waals surface area contributed by atoms with Crippen molar-refractivity contribution in [3.05, 3.63) is 5.01 Å². The largest absolute Gasteiger partial charge is 0.374 e. The van der Waals surface area contributed by atoms with Crippen LogP contribution in [0.1, 0.15) is 35.5 Å². The van der Waals surface area contributed by atoms with Crippen molar-refractivity contribution in [3.8, 4) is 0 Å². The number of nitrogens with zero attached hydrogens (tertiary/aromatic N) is 2. The van der Waals surface area contributed by atoms with Crippen LogP contribution in [-0.4, -0.2) is 22.6 Å². The third kappa shape index (κ3) is 2.65. The second-order valence-electron chi connectivity index (χ2n) is 3.79. The molecule has 2 rings (SSSR count). The van der Waals surface area contributed by atoms with Gasteiger partial charge in [-0.3, -0.25) is 4.79 Å². The summed E-state index contributed by atoms with van der Waals surface area (Å²) in [6.45, 7) is 0.725. The third-order valence-corrected chi connectivity index (χ3v) is 3.45. The van der Waals surface area contributed by atoms with Crippen LogP contribution in [-0.2, 0) is 0 Å². The molecule has 82 valence electrons. The molecule has 0 bridgehead atoms. The highest BCUT2D eigenvalue weighted by Crippen LogP contribution is 2.28. The monoisotopic (exact) mass is 226 g/mol. The molecule has 1 aromatic rings. The number of amides is 1.